The largest absolute Gasteiger partial charge is 0.497 e. The van der Waals surface area contributed by atoms with Crippen LogP contribution >= 0.6 is 0 Å². The van der Waals surface area contributed by atoms with Crippen LogP contribution in [0.4, 0.5) is 0 Å². The van der Waals surface area contributed by atoms with E-state index in [2.05, 4.69) is 0 Å². The van der Waals surface area contributed by atoms with Crippen molar-refractivity contribution in [3.8, 4) is 11.5 Å². The smallest absolute Gasteiger partial charge is 0.243 e. The summed E-state index contributed by atoms with van der Waals surface area (Å²) in [4.78, 5) is 0.264. The molecule has 0 amide bonds. The molecular formula is C20H21NO4S. The molecule has 0 aliphatic carbocycles. The Kier molecular flexibility index (Phi) is 5.15. The van der Waals surface area contributed by atoms with Crippen LogP contribution in [0.1, 0.15) is 5.56 Å². The second kappa shape index (κ2) is 7.35. The number of hydrogen-bond donors (Lipinski definition) is 0. The highest BCUT2D eigenvalue weighted by atomic mass is 32.2. The molecule has 0 unspecified atom stereocenters. The Morgan fingerprint density at radius 2 is 1.62 bits per heavy atom. The highest BCUT2D eigenvalue weighted by Gasteiger charge is 2.22. The van der Waals surface area contributed by atoms with Crippen molar-refractivity contribution in [1.29, 1.82) is 0 Å². The number of fused-ring (bicyclic) bond motifs is 1. The Labute approximate surface area is 153 Å². The zero-order valence-corrected chi connectivity index (χ0v) is 15.8. The van der Waals surface area contributed by atoms with E-state index in [0.29, 0.717) is 11.5 Å². The van der Waals surface area contributed by atoms with Crippen LogP contribution < -0.4 is 9.47 Å². The van der Waals surface area contributed by atoms with Crippen molar-refractivity contribution in [3.63, 3.8) is 0 Å². The quantitative estimate of drug-likeness (QED) is 0.663. The SMILES string of the molecule is COc1ccc(OC)c(CN(C)S(=O)(=O)c2ccc3ccccc3c2)c1. The minimum absolute atomic E-state index is 0.176. The number of rotatable bonds is 6. The lowest BCUT2D eigenvalue weighted by atomic mass is 10.1. The summed E-state index contributed by atoms with van der Waals surface area (Å²) in [7, 11) is 1.05. The van der Waals surface area contributed by atoms with E-state index < -0.39 is 10.0 Å². The Hall–Kier alpha value is -2.57. The average molecular weight is 371 g/mol. The first kappa shape index (κ1) is 18.2. The number of hydrogen-bond acceptors (Lipinski definition) is 4. The first-order valence-corrected chi connectivity index (χ1v) is 9.56. The Morgan fingerprint density at radius 1 is 0.885 bits per heavy atom. The molecule has 3 aromatic carbocycles. The van der Waals surface area contributed by atoms with Crippen molar-refractivity contribution in [2.75, 3.05) is 21.3 Å². The third-order valence-corrected chi connectivity index (χ3v) is 6.11. The number of nitrogens with zero attached hydrogens (tertiary/aromatic N) is 1. The van der Waals surface area contributed by atoms with Gasteiger partial charge in [-0.3, -0.25) is 0 Å². The van der Waals surface area contributed by atoms with Crippen LogP contribution in [0.3, 0.4) is 0 Å². The van der Waals surface area contributed by atoms with Crippen molar-refractivity contribution in [1.82, 2.24) is 4.31 Å². The number of methoxy groups -OCH3 is 2. The molecule has 5 nitrogen and oxygen atoms in total. The molecule has 0 bridgehead atoms. The fraction of sp³-hybridized carbons (Fsp3) is 0.200. The summed E-state index contributed by atoms with van der Waals surface area (Å²) < 4.78 is 37.9. The summed E-state index contributed by atoms with van der Waals surface area (Å²) in [5.41, 5.74) is 0.735. The van der Waals surface area contributed by atoms with Gasteiger partial charge in [-0.05, 0) is 41.1 Å². The van der Waals surface area contributed by atoms with Gasteiger partial charge >= 0.3 is 0 Å². The first-order chi connectivity index (χ1) is 12.5. The Morgan fingerprint density at radius 3 is 2.31 bits per heavy atom. The van der Waals surface area contributed by atoms with Crippen LogP contribution in [0.2, 0.25) is 0 Å². The summed E-state index contributed by atoms with van der Waals surface area (Å²) in [6.07, 6.45) is 0. The van der Waals surface area contributed by atoms with E-state index in [9.17, 15) is 8.42 Å². The van der Waals surface area contributed by atoms with Gasteiger partial charge in [0.1, 0.15) is 11.5 Å². The van der Waals surface area contributed by atoms with Crippen LogP contribution in [-0.4, -0.2) is 34.0 Å². The third-order valence-electron chi connectivity index (χ3n) is 4.31. The molecule has 0 aliphatic rings. The molecule has 136 valence electrons. The van der Waals surface area contributed by atoms with Crippen molar-refractivity contribution in [2.24, 2.45) is 0 Å². The van der Waals surface area contributed by atoms with E-state index in [1.807, 2.05) is 30.3 Å². The van der Waals surface area contributed by atoms with E-state index >= 15 is 0 Å². The normalized spacial score (nSPS) is 11.7. The van der Waals surface area contributed by atoms with Gasteiger partial charge in [-0.15, -0.1) is 0 Å². The molecule has 0 saturated heterocycles. The van der Waals surface area contributed by atoms with E-state index in [1.165, 1.54) is 4.31 Å². The predicted octanol–water partition coefficient (Wildman–Crippen LogP) is 3.68. The predicted molar refractivity (Wildman–Crippen MR) is 102 cm³/mol. The van der Waals surface area contributed by atoms with Gasteiger partial charge in [0.25, 0.3) is 0 Å². The van der Waals surface area contributed by atoms with Crippen molar-refractivity contribution < 1.29 is 17.9 Å². The highest BCUT2D eigenvalue weighted by Crippen LogP contribution is 2.27. The molecule has 0 heterocycles. The van der Waals surface area contributed by atoms with Gasteiger partial charge in [-0.2, -0.15) is 4.31 Å². The lowest BCUT2D eigenvalue weighted by Gasteiger charge is -2.19. The molecule has 0 spiro atoms. The minimum atomic E-state index is -3.64. The van der Waals surface area contributed by atoms with Gasteiger partial charge in [-0.25, -0.2) is 8.42 Å². The maximum Gasteiger partial charge on any atom is 0.243 e. The maximum absolute atomic E-state index is 13.0. The van der Waals surface area contributed by atoms with Crippen LogP contribution in [0.25, 0.3) is 10.8 Å². The molecule has 0 fully saturated rings. The maximum atomic E-state index is 13.0. The van der Waals surface area contributed by atoms with E-state index in [4.69, 9.17) is 9.47 Å². The summed E-state index contributed by atoms with van der Waals surface area (Å²) in [5, 5.41) is 1.89. The van der Waals surface area contributed by atoms with E-state index in [1.54, 1.807) is 51.6 Å². The average Bonchev–Trinajstić information content (AvgIpc) is 2.67. The number of benzene rings is 3. The Balaban J connectivity index is 1.94. The minimum Gasteiger partial charge on any atom is -0.497 e. The topological polar surface area (TPSA) is 55.8 Å². The lowest BCUT2D eigenvalue weighted by Crippen LogP contribution is -2.26. The van der Waals surface area contributed by atoms with Gasteiger partial charge in [0.15, 0.2) is 0 Å². The molecule has 26 heavy (non-hydrogen) atoms. The molecule has 0 aromatic heterocycles. The molecule has 0 atom stereocenters. The summed E-state index contributed by atoms with van der Waals surface area (Å²) in [6.45, 7) is 0.176. The third kappa shape index (κ3) is 3.52. The lowest BCUT2D eigenvalue weighted by molar-refractivity contribution is 0.389. The fourth-order valence-electron chi connectivity index (χ4n) is 2.84. The highest BCUT2D eigenvalue weighted by molar-refractivity contribution is 7.89. The molecule has 3 rings (SSSR count). The zero-order valence-electron chi connectivity index (χ0n) is 15.0. The molecule has 0 aliphatic heterocycles. The van der Waals surface area contributed by atoms with Gasteiger partial charge in [0.05, 0.1) is 19.1 Å². The van der Waals surface area contributed by atoms with Crippen LogP contribution in [0.15, 0.2) is 65.6 Å². The summed E-state index contributed by atoms with van der Waals surface area (Å²) in [5.74, 6) is 1.27. The second-order valence-electron chi connectivity index (χ2n) is 5.95. The van der Waals surface area contributed by atoms with Gasteiger partial charge in [-0.1, -0.05) is 30.3 Å². The Bertz CT molecular complexity index is 1030. The van der Waals surface area contributed by atoms with E-state index in [0.717, 1.165) is 16.3 Å². The van der Waals surface area contributed by atoms with Gasteiger partial charge in [0.2, 0.25) is 10.0 Å². The van der Waals surface area contributed by atoms with Crippen molar-refractivity contribution >= 4 is 20.8 Å². The molecule has 0 N–H and O–H groups in total. The standard InChI is InChI=1S/C20H21NO4S/c1-21(14-17-12-18(24-2)9-11-20(17)25-3)26(22,23)19-10-8-15-6-4-5-7-16(15)13-19/h4-13H,14H2,1-3H3. The molecular weight excluding hydrogens is 350 g/mol. The number of sulfonamides is 1. The van der Waals surface area contributed by atoms with Crippen LogP contribution in [0.5, 0.6) is 11.5 Å². The molecule has 0 saturated carbocycles. The molecule has 0 radical (unpaired) electrons. The van der Waals surface area contributed by atoms with E-state index in [-0.39, 0.29) is 11.4 Å². The van der Waals surface area contributed by atoms with Gasteiger partial charge in [0, 0.05) is 19.2 Å². The zero-order chi connectivity index (χ0) is 18.7. The van der Waals surface area contributed by atoms with Crippen LogP contribution in [0, 0.1) is 0 Å². The van der Waals surface area contributed by atoms with Crippen LogP contribution in [-0.2, 0) is 16.6 Å². The molecule has 3 aromatic rings. The van der Waals surface area contributed by atoms with Crippen molar-refractivity contribution in [3.05, 3.63) is 66.2 Å². The second-order valence-corrected chi connectivity index (χ2v) is 7.99. The first-order valence-electron chi connectivity index (χ1n) is 8.12. The summed E-state index contributed by atoms with van der Waals surface area (Å²) >= 11 is 0. The monoisotopic (exact) mass is 371 g/mol. The molecule has 6 heteroatoms. The fourth-order valence-corrected chi connectivity index (χ4v) is 4.02. The van der Waals surface area contributed by atoms with Crippen molar-refractivity contribution in [2.45, 2.75) is 11.4 Å². The van der Waals surface area contributed by atoms with Gasteiger partial charge < -0.3 is 9.47 Å². The summed E-state index contributed by atoms with van der Waals surface area (Å²) in [6, 6.07) is 18.2. The number of ether oxygens (including phenoxy) is 2.